The quantitative estimate of drug-likeness (QED) is 0.493. The minimum atomic E-state index is -4.44. The van der Waals surface area contributed by atoms with Crippen molar-refractivity contribution in [2.24, 2.45) is 5.73 Å². The van der Waals surface area contributed by atoms with E-state index in [0.717, 1.165) is 6.07 Å². The number of alkyl halides is 3. The van der Waals surface area contributed by atoms with Crippen molar-refractivity contribution in [1.29, 1.82) is 5.41 Å². The number of benzene rings is 1. The van der Waals surface area contributed by atoms with Gasteiger partial charge in [-0.2, -0.15) is 13.2 Å². The molecule has 1 rings (SSSR count). The van der Waals surface area contributed by atoms with Gasteiger partial charge >= 0.3 is 6.18 Å². The fraction of sp³-hybridized carbons (Fsp3) is 0.429. The number of aliphatic hydroxyl groups excluding tert-OH is 1. The molecule has 0 aliphatic heterocycles. The summed E-state index contributed by atoms with van der Waals surface area (Å²) < 4.78 is 38.1. The molecule has 0 radical (unpaired) electrons. The van der Waals surface area contributed by atoms with Gasteiger partial charge in [-0.15, -0.1) is 12.4 Å². The topological polar surface area (TPSA) is 99.2 Å². The largest absolute Gasteiger partial charge is 0.396 e. The highest BCUT2D eigenvalue weighted by Gasteiger charge is 2.30. The zero-order chi connectivity index (χ0) is 17.1. The number of nitrogens with two attached hydrogens (primary N) is 1. The second-order valence-electron chi connectivity index (χ2n) is 5.11. The molecule has 0 aliphatic carbocycles. The molecule has 1 aromatic carbocycles. The lowest BCUT2D eigenvalue weighted by molar-refractivity contribution is -0.127. The van der Waals surface area contributed by atoms with E-state index in [1.54, 1.807) is 13.8 Å². The summed E-state index contributed by atoms with van der Waals surface area (Å²) >= 11 is 0. The van der Waals surface area contributed by atoms with Crippen molar-refractivity contribution in [2.45, 2.75) is 32.4 Å². The lowest BCUT2D eigenvalue weighted by atomic mass is 9.90. The average Bonchev–Trinajstić information content (AvgIpc) is 2.36. The van der Waals surface area contributed by atoms with Gasteiger partial charge in [-0.1, -0.05) is 13.0 Å². The maximum absolute atomic E-state index is 12.7. The van der Waals surface area contributed by atoms with Crippen LogP contribution in [-0.2, 0) is 6.42 Å². The minimum absolute atomic E-state index is 0. The second-order valence-corrected chi connectivity index (χ2v) is 5.11. The van der Waals surface area contributed by atoms with Crippen LogP contribution in [0.4, 0.5) is 13.2 Å². The number of hydrogen-bond donors (Lipinski definition) is 4. The van der Waals surface area contributed by atoms with Crippen LogP contribution in [0.25, 0.3) is 0 Å². The molecule has 130 valence electrons. The Hall–Kier alpha value is -1.80. The Bertz CT molecular complexity index is 591. The van der Waals surface area contributed by atoms with E-state index in [0.29, 0.717) is 11.1 Å². The number of guanidine groups is 1. The van der Waals surface area contributed by atoms with Gasteiger partial charge in [0, 0.05) is 18.1 Å². The van der Waals surface area contributed by atoms with Crippen molar-refractivity contribution < 1.29 is 23.1 Å². The molecule has 1 atom stereocenters. The van der Waals surface area contributed by atoms with E-state index in [2.05, 4.69) is 0 Å². The molecule has 1 amide bonds. The predicted octanol–water partition coefficient (Wildman–Crippen LogP) is 2.24. The number of carbonyl (C=O) groups excluding carboxylic acids is 1. The summed E-state index contributed by atoms with van der Waals surface area (Å²) in [5, 5.41) is 18.3. The van der Waals surface area contributed by atoms with Gasteiger partial charge in [-0.05, 0) is 29.7 Å². The minimum Gasteiger partial charge on any atom is -0.396 e. The molecule has 1 unspecified atom stereocenters. The van der Waals surface area contributed by atoms with Crippen LogP contribution in [0.15, 0.2) is 12.1 Å². The van der Waals surface area contributed by atoms with Gasteiger partial charge in [-0.3, -0.25) is 15.5 Å². The highest BCUT2D eigenvalue weighted by Crippen LogP contribution is 2.29. The van der Waals surface area contributed by atoms with Gasteiger partial charge in [0.05, 0.1) is 6.42 Å². The number of aliphatic hydroxyl groups is 1. The molecular formula is C14H19ClF3N3O2. The smallest absolute Gasteiger partial charge is 0.393 e. The molecule has 9 heteroatoms. The molecule has 0 spiro atoms. The van der Waals surface area contributed by atoms with Crippen molar-refractivity contribution in [3.63, 3.8) is 0 Å². The van der Waals surface area contributed by atoms with E-state index in [1.165, 1.54) is 6.07 Å². The Morgan fingerprint density at radius 3 is 2.43 bits per heavy atom. The Morgan fingerprint density at radius 1 is 1.43 bits per heavy atom. The van der Waals surface area contributed by atoms with E-state index >= 15 is 0 Å². The van der Waals surface area contributed by atoms with Crippen LogP contribution in [0.3, 0.4) is 0 Å². The predicted molar refractivity (Wildman–Crippen MR) is 83.1 cm³/mol. The molecule has 0 aromatic heterocycles. The van der Waals surface area contributed by atoms with Gasteiger partial charge in [-0.25, -0.2) is 0 Å². The van der Waals surface area contributed by atoms with Gasteiger partial charge in [0.2, 0.25) is 0 Å². The first-order chi connectivity index (χ1) is 10.0. The van der Waals surface area contributed by atoms with Crippen LogP contribution >= 0.6 is 12.4 Å². The van der Waals surface area contributed by atoms with E-state index in [9.17, 15) is 23.1 Å². The molecule has 0 bridgehead atoms. The van der Waals surface area contributed by atoms with E-state index in [4.69, 9.17) is 11.1 Å². The van der Waals surface area contributed by atoms with Gasteiger partial charge < -0.3 is 10.8 Å². The first-order valence-electron chi connectivity index (χ1n) is 6.51. The molecule has 23 heavy (non-hydrogen) atoms. The van der Waals surface area contributed by atoms with Crippen LogP contribution in [0.2, 0.25) is 0 Å². The lowest BCUT2D eigenvalue weighted by Gasteiger charge is -2.19. The molecule has 0 saturated heterocycles. The highest BCUT2D eigenvalue weighted by atomic mass is 35.5. The maximum Gasteiger partial charge on any atom is 0.393 e. The fourth-order valence-electron chi connectivity index (χ4n) is 2.14. The SMILES string of the molecule is Cc1cc(C(C)CO)c(CC(F)(F)F)cc1C(=O)NC(=N)N.Cl. The molecular weight excluding hydrogens is 335 g/mol. The van der Waals surface area contributed by atoms with Crippen molar-refractivity contribution in [1.82, 2.24) is 5.32 Å². The molecule has 0 aliphatic rings. The second kappa shape index (κ2) is 8.16. The summed E-state index contributed by atoms with van der Waals surface area (Å²) in [4.78, 5) is 11.9. The third-order valence-corrected chi connectivity index (χ3v) is 3.17. The molecule has 0 saturated carbocycles. The number of rotatable bonds is 4. The monoisotopic (exact) mass is 353 g/mol. The summed E-state index contributed by atoms with van der Waals surface area (Å²) in [6, 6.07) is 2.60. The van der Waals surface area contributed by atoms with Crippen molar-refractivity contribution >= 4 is 24.3 Å². The summed E-state index contributed by atoms with van der Waals surface area (Å²) in [5.41, 5.74) is 5.79. The van der Waals surface area contributed by atoms with E-state index < -0.39 is 30.4 Å². The number of aryl methyl sites for hydroxylation is 1. The first-order valence-corrected chi connectivity index (χ1v) is 6.51. The molecule has 5 N–H and O–H groups in total. The zero-order valence-corrected chi connectivity index (χ0v) is 13.4. The van der Waals surface area contributed by atoms with Gasteiger partial charge in [0.15, 0.2) is 5.96 Å². The third kappa shape index (κ3) is 6.07. The Morgan fingerprint density at radius 2 is 2.00 bits per heavy atom. The standard InChI is InChI=1S/C14H18F3N3O2.ClH/c1-7-3-10(8(2)6-21)9(5-14(15,16)17)4-11(7)12(22)20-13(18)19;/h3-4,8,21H,5-6H2,1-2H3,(H4,18,19,20,22);1H. The Kier molecular flexibility index (Phi) is 7.53. The first kappa shape index (κ1) is 21.2. The summed E-state index contributed by atoms with van der Waals surface area (Å²) in [6.45, 7) is 2.87. The van der Waals surface area contributed by atoms with Crippen molar-refractivity contribution in [3.8, 4) is 0 Å². The number of carbonyl (C=O) groups is 1. The number of halogens is 4. The lowest BCUT2D eigenvalue weighted by Crippen LogP contribution is -2.36. The Balaban J connectivity index is 0.00000484. The highest BCUT2D eigenvalue weighted by molar-refractivity contribution is 6.05. The summed E-state index contributed by atoms with van der Waals surface area (Å²) in [5.74, 6) is -1.81. The van der Waals surface area contributed by atoms with Crippen LogP contribution in [0.5, 0.6) is 0 Å². The zero-order valence-electron chi connectivity index (χ0n) is 12.6. The van der Waals surface area contributed by atoms with Gasteiger partial charge in [0.25, 0.3) is 5.91 Å². The average molecular weight is 354 g/mol. The van der Waals surface area contributed by atoms with Crippen LogP contribution in [-0.4, -0.2) is 29.8 Å². The summed E-state index contributed by atoms with van der Waals surface area (Å²) in [6.07, 6.45) is -5.64. The Labute approximate surface area is 138 Å². The van der Waals surface area contributed by atoms with Crippen LogP contribution in [0, 0.1) is 12.3 Å². The maximum atomic E-state index is 12.7. The molecule has 0 fully saturated rings. The normalized spacial score (nSPS) is 12.3. The van der Waals surface area contributed by atoms with Crippen molar-refractivity contribution in [2.75, 3.05) is 6.61 Å². The number of hydrogen-bond acceptors (Lipinski definition) is 3. The fourth-order valence-corrected chi connectivity index (χ4v) is 2.14. The summed E-state index contributed by atoms with van der Waals surface area (Å²) in [7, 11) is 0. The van der Waals surface area contributed by atoms with Gasteiger partial charge in [0.1, 0.15) is 0 Å². The number of nitrogens with one attached hydrogen (secondary N) is 2. The molecule has 5 nitrogen and oxygen atoms in total. The van der Waals surface area contributed by atoms with Crippen LogP contribution in [0.1, 0.15) is 39.9 Å². The van der Waals surface area contributed by atoms with E-state index in [-0.39, 0.29) is 30.1 Å². The van der Waals surface area contributed by atoms with E-state index in [1.807, 2.05) is 5.32 Å². The third-order valence-electron chi connectivity index (χ3n) is 3.17. The number of amides is 1. The van der Waals surface area contributed by atoms with Crippen molar-refractivity contribution in [3.05, 3.63) is 34.4 Å². The molecule has 0 heterocycles. The van der Waals surface area contributed by atoms with Crippen LogP contribution < -0.4 is 11.1 Å². The molecule has 1 aromatic rings.